The molecule has 4 heteroatoms. The maximum atomic E-state index is 12.5. The highest BCUT2D eigenvalue weighted by Gasteiger charge is 2.16. The predicted octanol–water partition coefficient (Wildman–Crippen LogP) is 4.27. The second kappa shape index (κ2) is 6.54. The van der Waals surface area contributed by atoms with Gasteiger partial charge in [-0.15, -0.1) is 0 Å². The number of benzene rings is 3. The van der Waals surface area contributed by atoms with Gasteiger partial charge in [0.15, 0.2) is 5.78 Å². The molecule has 3 aromatic carbocycles. The molecule has 0 amide bonds. The lowest BCUT2D eigenvalue weighted by Gasteiger charge is -2.10. The molecule has 0 saturated heterocycles. The van der Waals surface area contributed by atoms with E-state index in [2.05, 4.69) is 0 Å². The van der Waals surface area contributed by atoms with Crippen molar-refractivity contribution < 1.29 is 19.1 Å². The number of carbonyl (C=O) groups excluding carboxylic acids is 2. The summed E-state index contributed by atoms with van der Waals surface area (Å²) in [6.07, 6.45) is 0. The van der Waals surface area contributed by atoms with Crippen LogP contribution in [0.2, 0.25) is 0 Å². The largest absolute Gasteiger partial charge is 0.496 e. The zero-order valence-corrected chi connectivity index (χ0v) is 13.4. The molecular weight excluding hydrogens is 304 g/mol. The fraction of sp³-hybridized carbons (Fsp3) is 0.100. The third kappa shape index (κ3) is 3.13. The minimum absolute atomic E-state index is 0.0379. The number of hydrogen-bond acceptors (Lipinski definition) is 4. The number of ketones is 1. The highest BCUT2D eigenvalue weighted by molar-refractivity contribution is 5.99. The number of Topliss-reactive ketones (excluding diaryl/α,β-unsaturated/α-hetero) is 1. The molecule has 0 saturated carbocycles. The number of hydrogen-bond donors (Lipinski definition) is 0. The third-order valence-electron chi connectivity index (χ3n) is 3.76. The molecule has 4 nitrogen and oxygen atoms in total. The molecule has 0 atom stereocenters. The number of methoxy groups -OCH3 is 1. The minimum atomic E-state index is -0.506. The Bertz CT molecular complexity index is 911. The maximum Gasteiger partial charge on any atom is 0.347 e. The van der Waals surface area contributed by atoms with Crippen molar-refractivity contribution in [3.05, 3.63) is 71.8 Å². The lowest BCUT2D eigenvalue weighted by molar-refractivity contribution is 0.0731. The summed E-state index contributed by atoms with van der Waals surface area (Å²) in [4.78, 5) is 23.8. The third-order valence-corrected chi connectivity index (χ3v) is 3.76. The molecule has 0 aliphatic rings. The molecule has 120 valence electrons. The van der Waals surface area contributed by atoms with E-state index in [0.717, 1.165) is 10.8 Å². The van der Waals surface area contributed by atoms with Crippen molar-refractivity contribution in [3.63, 3.8) is 0 Å². The van der Waals surface area contributed by atoms with Crippen LogP contribution in [-0.4, -0.2) is 18.9 Å². The summed E-state index contributed by atoms with van der Waals surface area (Å²) in [6, 6.07) is 17.7. The molecule has 0 heterocycles. The lowest BCUT2D eigenvalue weighted by atomic mass is 10.1. The van der Waals surface area contributed by atoms with E-state index < -0.39 is 5.97 Å². The van der Waals surface area contributed by atoms with Crippen molar-refractivity contribution in [1.29, 1.82) is 0 Å². The predicted molar refractivity (Wildman–Crippen MR) is 91.9 cm³/mol. The van der Waals surface area contributed by atoms with Crippen LogP contribution in [0.25, 0.3) is 10.8 Å². The summed E-state index contributed by atoms with van der Waals surface area (Å²) < 4.78 is 10.7. The van der Waals surface area contributed by atoms with Crippen molar-refractivity contribution in [2.45, 2.75) is 6.92 Å². The average molecular weight is 320 g/mol. The van der Waals surface area contributed by atoms with Crippen molar-refractivity contribution in [2.75, 3.05) is 7.11 Å². The van der Waals surface area contributed by atoms with Crippen LogP contribution in [0.4, 0.5) is 0 Å². The second-order valence-electron chi connectivity index (χ2n) is 5.37. The first kappa shape index (κ1) is 15.7. The van der Waals surface area contributed by atoms with Gasteiger partial charge in [-0.1, -0.05) is 24.3 Å². The van der Waals surface area contributed by atoms with E-state index in [9.17, 15) is 9.59 Å². The van der Waals surface area contributed by atoms with E-state index in [4.69, 9.17) is 9.47 Å². The zero-order chi connectivity index (χ0) is 17.1. The van der Waals surface area contributed by atoms with Crippen molar-refractivity contribution in [2.24, 2.45) is 0 Å². The van der Waals surface area contributed by atoms with Gasteiger partial charge in [-0.2, -0.15) is 0 Å². The number of ether oxygens (including phenoxy) is 2. The smallest absolute Gasteiger partial charge is 0.347 e. The van der Waals surface area contributed by atoms with Gasteiger partial charge >= 0.3 is 5.97 Å². The molecule has 0 aliphatic carbocycles. The number of rotatable bonds is 4. The van der Waals surface area contributed by atoms with Gasteiger partial charge in [0.1, 0.15) is 17.1 Å². The van der Waals surface area contributed by atoms with E-state index in [1.165, 1.54) is 14.0 Å². The zero-order valence-electron chi connectivity index (χ0n) is 13.4. The highest BCUT2D eigenvalue weighted by Crippen LogP contribution is 2.27. The summed E-state index contributed by atoms with van der Waals surface area (Å²) in [5.74, 6) is 0.288. The first-order chi connectivity index (χ1) is 11.6. The van der Waals surface area contributed by atoms with E-state index in [0.29, 0.717) is 22.6 Å². The van der Waals surface area contributed by atoms with Gasteiger partial charge in [0.25, 0.3) is 0 Å². The second-order valence-corrected chi connectivity index (χ2v) is 5.37. The van der Waals surface area contributed by atoms with Crippen molar-refractivity contribution in [1.82, 2.24) is 0 Å². The summed E-state index contributed by atoms with van der Waals surface area (Å²) in [5, 5.41) is 1.91. The van der Waals surface area contributed by atoms with Crippen LogP contribution in [-0.2, 0) is 0 Å². The maximum absolute atomic E-state index is 12.5. The van der Waals surface area contributed by atoms with Crippen LogP contribution in [0.1, 0.15) is 27.6 Å². The van der Waals surface area contributed by atoms with Gasteiger partial charge in [-0.3, -0.25) is 4.79 Å². The molecule has 0 bridgehead atoms. The Morgan fingerprint density at radius 2 is 1.50 bits per heavy atom. The van der Waals surface area contributed by atoms with Gasteiger partial charge < -0.3 is 9.47 Å². The molecule has 3 aromatic rings. The van der Waals surface area contributed by atoms with Crippen LogP contribution in [0, 0.1) is 0 Å². The van der Waals surface area contributed by atoms with E-state index in [-0.39, 0.29) is 5.78 Å². The Labute approximate surface area is 139 Å². The number of esters is 1. The average Bonchev–Trinajstić information content (AvgIpc) is 2.61. The summed E-state index contributed by atoms with van der Waals surface area (Å²) in [5.41, 5.74) is 0.921. The summed E-state index contributed by atoms with van der Waals surface area (Å²) >= 11 is 0. The Morgan fingerprint density at radius 1 is 0.875 bits per heavy atom. The van der Waals surface area contributed by atoms with Crippen LogP contribution in [0.5, 0.6) is 11.5 Å². The fourth-order valence-corrected chi connectivity index (χ4v) is 2.47. The van der Waals surface area contributed by atoms with Crippen LogP contribution in [0.15, 0.2) is 60.7 Å². The van der Waals surface area contributed by atoms with Gasteiger partial charge in [-0.05, 0) is 54.1 Å². The quantitative estimate of drug-likeness (QED) is 0.409. The summed E-state index contributed by atoms with van der Waals surface area (Å²) in [6.45, 7) is 1.49. The Morgan fingerprint density at radius 3 is 2.08 bits per heavy atom. The van der Waals surface area contributed by atoms with Gasteiger partial charge in [0.2, 0.25) is 0 Å². The van der Waals surface area contributed by atoms with Gasteiger partial charge in [-0.25, -0.2) is 4.79 Å². The highest BCUT2D eigenvalue weighted by atomic mass is 16.5. The van der Waals surface area contributed by atoms with Gasteiger partial charge in [0.05, 0.1) is 7.11 Å². The van der Waals surface area contributed by atoms with E-state index in [1.807, 2.05) is 30.3 Å². The molecule has 0 fully saturated rings. The normalized spacial score (nSPS) is 10.4. The first-order valence-electron chi connectivity index (χ1n) is 7.48. The van der Waals surface area contributed by atoms with Crippen LogP contribution >= 0.6 is 0 Å². The molecule has 0 aromatic heterocycles. The Hall–Kier alpha value is -3.14. The Balaban J connectivity index is 1.91. The molecular formula is C20H16O4. The number of carbonyl (C=O) groups is 2. The standard InChI is InChI=1S/C20H16O4/c1-13(21)14-7-9-17(10-8-14)24-20(22)18-11-15-5-3-4-6-16(15)12-19(18)23-2/h3-12H,1-2H3. The van der Waals surface area contributed by atoms with Crippen LogP contribution < -0.4 is 9.47 Å². The molecule has 0 unspecified atom stereocenters. The lowest BCUT2D eigenvalue weighted by Crippen LogP contribution is -2.10. The van der Waals surface area contributed by atoms with Crippen molar-refractivity contribution in [3.8, 4) is 11.5 Å². The van der Waals surface area contributed by atoms with Gasteiger partial charge in [0, 0.05) is 5.56 Å². The first-order valence-corrected chi connectivity index (χ1v) is 7.48. The molecule has 0 spiro atoms. The van der Waals surface area contributed by atoms with E-state index >= 15 is 0 Å². The molecule has 0 radical (unpaired) electrons. The number of fused-ring (bicyclic) bond motifs is 1. The topological polar surface area (TPSA) is 52.6 Å². The molecule has 0 N–H and O–H groups in total. The minimum Gasteiger partial charge on any atom is -0.496 e. The SMILES string of the molecule is COc1cc2ccccc2cc1C(=O)Oc1ccc(C(C)=O)cc1. The fourth-order valence-electron chi connectivity index (χ4n) is 2.47. The Kier molecular flexibility index (Phi) is 4.29. The van der Waals surface area contributed by atoms with Crippen molar-refractivity contribution >= 4 is 22.5 Å². The monoisotopic (exact) mass is 320 g/mol. The summed E-state index contributed by atoms with van der Waals surface area (Å²) in [7, 11) is 1.52. The molecule has 3 rings (SSSR count). The van der Waals surface area contributed by atoms with E-state index in [1.54, 1.807) is 30.3 Å². The van der Waals surface area contributed by atoms with Crippen LogP contribution in [0.3, 0.4) is 0 Å². The molecule has 0 aliphatic heterocycles. The molecule has 24 heavy (non-hydrogen) atoms.